The van der Waals surface area contributed by atoms with Gasteiger partial charge >= 0.3 is 6.03 Å². The van der Waals surface area contributed by atoms with Crippen LogP contribution in [-0.2, 0) is 4.79 Å². The Labute approximate surface area is 163 Å². The van der Waals surface area contributed by atoms with Crippen LogP contribution >= 0.6 is 0 Å². The van der Waals surface area contributed by atoms with Crippen LogP contribution in [0, 0.1) is 0 Å². The van der Waals surface area contributed by atoms with Gasteiger partial charge in [0, 0.05) is 5.56 Å². The molecule has 0 radical (unpaired) electrons. The van der Waals surface area contributed by atoms with Crippen molar-refractivity contribution in [1.29, 1.82) is 0 Å². The van der Waals surface area contributed by atoms with Gasteiger partial charge in [-0.15, -0.1) is 0 Å². The summed E-state index contributed by atoms with van der Waals surface area (Å²) in [6.45, 7) is -0.245. The van der Waals surface area contributed by atoms with E-state index >= 15 is 0 Å². The van der Waals surface area contributed by atoms with Crippen LogP contribution in [0.3, 0.4) is 0 Å². The predicted octanol–water partition coefficient (Wildman–Crippen LogP) is 3.92. The largest absolute Gasteiger partial charge is 0.457 e. The van der Waals surface area contributed by atoms with Crippen LogP contribution in [0.4, 0.5) is 4.79 Å². The van der Waals surface area contributed by atoms with Gasteiger partial charge < -0.3 is 10.1 Å². The highest BCUT2D eigenvalue weighted by Crippen LogP contribution is 2.33. The molecule has 2 aromatic rings. The van der Waals surface area contributed by atoms with Gasteiger partial charge in [-0.1, -0.05) is 37.5 Å². The van der Waals surface area contributed by atoms with Gasteiger partial charge in [0.15, 0.2) is 5.78 Å². The number of urea groups is 1. The third-order valence-corrected chi connectivity index (χ3v) is 5.41. The second-order valence-corrected chi connectivity index (χ2v) is 7.33. The summed E-state index contributed by atoms with van der Waals surface area (Å²) >= 11 is 0. The lowest BCUT2D eigenvalue weighted by Crippen LogP contribution is -2.48. The molecular formula is C22H22N2O4. The molecule has 1 N–H and O–H groups in total. The fourth-order valence-electron chi connectivity index (χ4n) is 3.88. The summed E-state index contributed by atoms with van der Waals surface area (Å²) in [5.41, 5.74) is -0.367. The van der Waals surface area contributed by atoms with Gasteiger partial charge in [-0.05, 0) is 49.2 Å². The molecule has 0 atom stereocenters. The molecule has 1 spiro atoms. The summed E-state index contributed by atoms with van der Waals surface area (Å²) < 4.78 is 5.72. The van der Waals surface area contributed by atoms with Crippen molar-refractivity contribution >= 4 is 17.7 Å². The average molecular weight is 378 g/mol. The van der Waals surface area contributed by atoms with Crippen LogP contribution in [0.1, 0.15) is 42.5 Å². The Kier molecular flexibility index (Phi) is 4.86. The maximum atomic E-state index is 12.8. The van der Waals surface area contributed by atoms with Crippen molar-refractivity contribution in [3.8, 4) is 11.5 Å². The highest BCUT2D eigenvalue weighted by atomic mass is 16.5. The summed E-state index contributed by atoms with van der Waals surface area (Å²) in [7, 11) is 0. The molecule has 144 valence electrons. The molecule has 28 heavy (non-hydrogen) atoms. The van der Waals surface area contributed by atoms with Crippen LogP contribution in [0.5, 0.6) is 11.5 Å². The van der Waals surface area contributed by atoms with E-state index in [1.165, 1.54) is 0 Å². The van der Waals surface area contributed by atoms with E-state index in [-0.39, 0.29) is 18.2 Å². The van der Waals surface area contributed by atoms with Gasteiger partial charge in [0.25, 0.3) is 5.91 Å². The van der Waals surface area contributed by atoms with E-state index in [0.29, 0.717) is 29.9 Å². The Hall–Kier alpha value is -3.15. The van der Waals surface area contributed by atoms with Gasteiger partial charge in [-0.25, -0.2) is 4.79 Å². The smallest absolute Gasteiger partial charge is 0.325 e. The molecular weight excluding hydrogens is 356 g/mol. The van der Waals surface area contributed by atoms with Crippen LogP contribution < -0.4 is 10.1 Å². The summed E-state index contributed by atoms with van der Waals surface area (Å²) in [4.78, 5) is 38.8. The van der Waals surface area contributed by atoms with E-state index < -0.39 is 11.6 Å². The van der Waals surface area contributed by atoms with Crippen LogP contribution in [0.15, 0.2) is 54.6 Å². The molecule has 4 rings (SSSR count). The second kappa shape index (κ2) is 7.46. The van der Waals surface area contributed by atoms with Crippen molar-refractivity contribution in [2.75, 3.05) is 6.54 Å². The number of carbonyl (C=O) groups is 3. The van der Waals surface area contributed by atoms with Gasteiger partial charge in [0.2, 0.25) is 0 Å². The zero-order valence-electron chi connectivity index (χ0n) is 15.5. The lowest BCUT2D eigenvalue weighted by atomic mass is 9.82. The molecule has 3 amide bonds. The number of imide groups is 1. The number of benzene rings is 2. The van der Waals surface area contributed by atoms with E-state index in [1.54, 1.807) is 24.3 Å². The molecule has 0 unspecified atom stereocenters. The second-order valence-electron chi connectivity index (χ2n) is 7.33. The van der Waals surface area contributed by atoms with Crippen molar-refractivity contribution in [2.45, 2.75) is 37.6 Å². The minimum atomic E-state index is -0.803. The summed E-state index contributed by atoms with van der Waals surface area (Å²) in [5, 5.41) is 2.83. The number of hydrogen-bond acceptors (Lipinski definition) is 4. The number of Topliss-reactive ketones (excluding diaryl/α,β-unsaturated/α-hetero) is 1. The van der Waals surface area contributed by atoms with Crippen LogP contribution in [0.25, 0.3) is 0 Å². The molecule has 2 fully saturated rings. The Bertz CT molecular complexity index is 887. The molecule has 1 saturated heterocycles. The van der Waals surface area contributed by atoms with Gasteiger partial charge in [0.05, 0.1) is 6.54 Å². The predicted molar refractivity (Wildman–Crippen MR) is 103 cm³/mol. The maximum Gasteiger partial charge on any atom is 0.325 e. The van der Waals surface area contributed by atoms with Crippen molar-refractivity contribution in [3.63, 3.8) is 0 Å². The number of nitrogens with one attached hydrogen (secondary N) is 1. The Balaban J connectivity index is 1.42. The maximum absolute atomic E-state index is 12.8. The molecule has 2 aromatic carbocycles. The molecule has 0 aromatic heterocycles. The van der Waals surface area contributed by atoms with Crippen LogP contribution in [0.2, 0.25) is 0 Å². The molecule has 0 bridgehead atoms. The highest BCUT2D eigenvalue weighted by molar-refractivity contribution is 6.11. The SMILES string of the molecule is O=C(CN1C(=O)NC2(CCCCC2)C1=O)c1ccc(Oc2ccccc2)cc1. The fraction of sp³-hybridized carbons (Fsp3) is 0.318. The quantitative estimate of drug-likeness (QED) is 0.632. The van der Waals surface area contributed by atoms with E-state index in [9.17, 15) is 14.4 Å². The molecule has 6 heteroatoms. The van der Waals surface area contributed by atoms with Gasteiger partial charge in [-0.2, -0.15) is 0 Å². The number of para-hydroxylation sites is 1. The fourth-order valence-corrected chi connectivity index (χ4v) is 3.88. The number of ketones is 1. The third kappa shape index (κ3) is 3.50. The standard InChI is InChI=1S/C22H22N2O4/c25-19(15-24-20(26)22(23-21(24)27)13-5-2-6-14-22)16-9-11-18(12-10-16)28-17-7-3-1-4-8-17/h1,3-4,7-12H,2,5-6,13-15H2,(H,23,27). The minimum Gasteiger partial charge on any atom is -0.457 e. The Morgan fingerprint density at radius 1 is 0.929 bits per heavy atom. The van der Waals surface area contributed by atoms with E-state index in [1.807, 2.05) is 30.3 Å². The zero-order chi connectivity index (χ0) is 19.6. The Morgan fingerprint density at radius 2 is 1.57 bits per heavy atom. The average Bonchev–Trinajstić information content (AvgIpc) is 2.94. The van der Waals surface area contributed by atoms with E-state index in [2.05, 4.69) is 5.32 Å². The number of hydrogen-bond donors (Lipinski definition) is 1. The first kappa shape index (κ1) is 18.2. The number of amides is 3. The molecule has 6 nitrogen and oxygen atoms in total. The lowest BCUT2D eigenvalue weighted by molar-refractivity contribution is -0.132. The monoisotopic (exact) mass is 378 g/mol. The van der Waals surface area contributed by atoms with E-state index in [0.717, 1.165) is 24.2 Å². The van der Waals surface area contributed by atoms with Crippen LogP contribution in [-0.4, -0.2) is 34.7 Å². The summed E-state index contributed by atoms with van der Waals surface area (Å²) in [5.74, 6) is 0.773. The lowest BCUT2D eigenvalue weighted by Gasteiger charge is -2.30. The van der Waals surface area contributed by atoms with Crippen molar-refractivity contribution in [1.82, 2.24) is 10.2 Å². The van der Waals surface area contributed by atoms with Gasteiger partial charge in [0.1, 0.15) is 17.0 Å². The highest BCUT2D eigenvalue weighted by Gasteiger charge is 2.51. The molecule has 1 saturated carbocycles. The number of ether oxygens (including phenoxy) is 1. The first-order valence-electron chi connectivity index (χ1n) is 9.58. The molecule has 2 aliphatic rings. The zero-order valence-corrected chi connectivity index (χ0v) is 15.5. The number of carbonyl (C=O) groups excluding carboxylic acids is 3. The van der Waals surface area contributed by atoms with Crippen molar-refractivity contribution in [2.24, 2.45) is 0 Å². The normalized spacial score (nSPS) is 18.2. The minimum absolute atomic E-state index is 0.245. The van der Waals surface area contributed by atoms with Gasteiger partial charge in [-0.3, -0.25) is 14.5 Å². The molecule has 1 heterocycles. The summed E-state index contributed by atoms with van der Waals surface area (Å²) in [6.07, 6.45) is 4.19. The summed E-state index contributed by atoms with van der Waals surface area (Å²) in [6, 6.07) is 15.6. The molecule has 1 aliphatic heterocycles. The number of rotatable bonds is 5. The van der Waals surface area contributed by atoms with E-state index in [4.69, 9.17) is 4.74 Å². The molecule has 1 aliphatic carbocycles. The topological polar surface area (TPSA) is 75.7 Å². The van der Waals surface area contributed by atoms with Crippen molar-refractivity contribution < 1.29 is 19.1 Å². The third-order valence-electron chi connectivity index (χ3n) is 5.41. The Morgan fingerprint density at radius 3 is 2.25 bits per heavy atom. The first-order chi connectivity index (χ1) is 13.6. The van der Waals surface area contributed by atoms with Crippen molar-refractivity contribution in [3.05, 3.63) is 60.2 Å². The first-order valence-corrected chi connectivity index (χ1v) is 9.58. The number of nitrogens with zero attached hydrogens (tertiary/aromatic N) is 1.